The fourth-order valence-corrected chi connectivity index (χ4v) is 2.44. The average molecular weight is 302 g/mol. The molecule has 3 nitrogen and oxygen atoms in total. The Morgan fingerprint density at radius 2 is 1.19 bits per heavy atom. The first-order chi connectivity index (χ1) is 10.2. The van der Waals surface area contributed by atoms with Crippen LogP contribution >= 0.6 is 0 Å². The minimum absolute atomic E-state index is 0.0472. The molecule has 0 aliphatic heterocycles. The highest BCUT2D eigenvalue weighted by molar-refractivity contribution is 4.59. The summed E-state index contributed by atoms with van der Waals surface area (Å²) in [7, 11) is 0. The molecule has 0 aromatic rings. The predicted molar refractivity (Wildman–Crippen MR) is 89.4 cm³/mol. The third-order valence-corrected chi connectivity index (χ3v) is 4.27. The molecule has 0 fully saturated rings. The third kappa shape index (κ3) is 11.1. The first-order valence-corrected chi connectivity index (χ1v) is 9.05. The van der Waals surface area contributed by atoms with Gasteiger partial charge in [-0.2, -0.15) is 0 Å². The molecule has 0 amide bonds. The fraction of sp³-hybridized carbons (Fsp3) is 1.00. The van der Waals surface area contributed by atoms with E-state index in [1.807, 2.05) is 0 Å². The van der Waals surface area contributed by atoms with Crippen molar-refractivity contribution >= 4 is 0 Å². The van der Waals surface area contributed by atoms with Gasteiger partial charge >= 0.3 is 0 Å². The minimum atomic E-state index is -0.448. The average Bonchev–Trinajstić information content (AvgIpc) is 2.52. The summed E-state index contributed by atoms with van der Waals surface area (Å²) in [6, 6.07) is 0. The Morgan fingerprint density at radius 3 is 1.48 bits per heavy atom. The highest BCUT2D eigenvalue weighted by Crippen LogP contribution is 2.16. The van der Waals surface area contributed by atoms with Gasteiger partial charge in [0.1, 0.15) is 0 Å². The van der Waals surface area contributed by atoms with Crippen molar-refractivity contribution in [2.75, 3.05) is 19.8 Å². The van der Waals surface area contributed by atoms with Gasteiger partial charge < -0.3 is 14.6 Å². The molecule has 0 saturated heterocycles. The van der Waals surface area contributed by atoms with Crippen LogP contribution in [-0.2, 0) is 9.47 Å². The normalized spacial score (nSPS) is 15.9. The maximum atomic E-state index is 9.40. The molecule has 0 aromatic heterocycles. The minimum Gasteiger partial charge on any atom is -0.391 e. The van der Waals surface area contributed by atoms with Gasteiger partial charge in [0.25, 0.3) is 0 Å². The number of hydrogen-bond acceptors (Lipinski definition) is 3. The Hall–Kier alpha value is -0.120. The van der Waals surface area contributed by atoms with E-state index in [9.17, 15) is 5.11 Å². The number of unbranched alkanes of at least 4 members (excludes halogenated alkanes) is 2. The summed E-state index contributed by atoms with van der Waals surface area (Å²) in [5.74, 6) is 1.18. The van der Waals surface area contributed by atoms with Gasteiger partial charge in [-0.15, -0.1) is 0 Å². The number of aliphatic hydroxyl groups is 1. The van der Waals surface area contributed by atoms with E-state index in [0.717, 1.165) is 12.8 Å². The van der Waals surface area contributed by atoms with Gasteiger partial charge in [-0.3, -0.25) is 0 Å². The maximum absolute atomic E-state index is 9.40. The molecule has 3 heteroatoms. The second-order valence-electron chi connectivity index (χ2n) is 6.11. The van der Waals surface area contributed by atoms with Crippen LogP contribution in [0.1, 0.15) is 79.1 Å². The molecular formula is C18H38O3. The molecule has 0 bridgehead atoms. The lowest BCUT2D eigenvalue weighted by molar-refractivity contribution is -0.176. The van der Waals surface area contributed by atoms with E-state index in [0.29, 0.717) is 25.0 Å². The Balaban J connectivity index is 3.96. The molecule has 128 valence electrons. The van der Waals surface area contributed by atoms with Crippen LogP contribution in [0, 0.1) is 11.8 Å². The summed E-state index contributed by atoms with van der Waals surface area (Å²) in [6.07, 6.45) is 9.19. The molecule has 0 saturated carbocycles. The SMILES string of the molecule is CCCCC(CC)COC(CO)OCC(CC)CCCC. The zero-order chi connectivity index (χ0) is 15.9. The quantitative estimate of drug-likeness (QED) is 0.443. The standard InChI is InChI=1S/C18H38O3/c1-5-9-11-16(7-3)14-20-18(13-19)21-15-17(8-4)12-10-6-2/h16-19H,5-15H2,1-4H3. The summed E-state index contributed by atoms with van der Waals surface area (Å²) < 4.78 is 11.5. The van der Waals surface area contributed by atoms with E-state index >= 15 is 0 Å². The summed E-state index contributed by atoms with van der Waals surface area (Å²) in [4.78, 5) is 0. The molecule has 2 unspecified atom stereocenters. The highest BCUT2D eigenvalue weighted by atomic mass is 16.7. The molecule has 0 aliphatic carbocycles. The molecular weight excluding hydrogens is 264 g/mol. The van der Waals surface area contributed by atoms with Crippen molar-refractivity contribution in [3.05, 3.63) is 0 Å². The van der Waals surface area contributed by atoms with E-state index < -0.39 is 6.29 Å². The number of hydrogen-bond donors (Lipinski definition) is 1. The van der Waals surface area contributed by atoms with Crippen LogP contribution < -0.4 is 0 Å². The smallest absolute Gasteiger partial charge is 0.180 e. The molecule has 0 aliphatic rings. The van der Waals surface area contributed by atoms with Crippen molar-refractivity contribution in [3.63, 3.8) is 0 Å². The Kier molecular flexibility index (Phi) is 14.7. The van der Waals surface area contributed by atoms with E-state index in [1.54, 1.807) is 0 Å². The van der Waals surface area contributed by atoms with E-state index in [1.165, 1.54) is 38.5 Å². The Morgan fingerprint density at radius 1 is 0.762 bits per heavy atom. The van der Waals surface area contributed by atoms with Crippen molar-refractivity contribution in [1.82, 2.24) is 0 Å². The van der Waals surface area contributed by atoms with Gasteiger partial charge in [-0.05, 0) is 24.7 Å². The van der Waals surface area contributed by atoms with Crippen molar-refractivity contribution < 1.29 is 14.6 Å². The van der Waals surface area contributed by atoms with Crippen molar-refractivity contribution in [2.45, 2.75) is 85.4 Å². The zero-order valence-electron chi connectivity index (χ0n) is 14.8. The molecule has 0 aromatic carbocycles. The maximum Gasteiger partial charge on any atom is 0.180 e. The highest BCUT2D eigenvalue weighted by Gasteiger charge is 2.15. The molecule has 0 spiro atoms. The van der Waals surface area contributed by atoms with E-state index in [2.05, 4.69) is 27.7 Å². The first kappa shape index (κ1) is 20.9. The van der Waals surface area contributed by atoms with Crippen LogP contribution in [0.25, 0.3) is 0 Å². The van der Waals surface area contributed by atoms with Crippen LogP contribution in [0.15, 0.2) is 0 Å². The summed E-state index contributed by atoms with van der Waals surface area (Å²) in [6.45, 7) is 10.2. The molecule has 2 atom stereocenters. The van der Waals surface area contributed by atoms with E-state index in [-0.39, 0.29) is 6.61 Å². The number of ether oxygens (including phenoxy) is 2. The first-order valence-electron chi connectivity index (χ1n) is 9.05. The monoisotopic (exact) mass is 302 g/mol. The second-order valence-corrected chi connectivity index (χ2v) is 6.11. The van der Waals surface area contributed by atoms with Gasteiger partial charge in [0, 0.05) is 0 Å². The van der Waals surface area contributed by atoms with Gasteiger partial charge in [-0.1, -0.05) is 66.2 Å². The van der Waals surface area contributed by atoms with E-state index in [4.69, 9.17) is 9.47 Å². The Bertz CT molecular complexity index is 189. The lowest BCUT2D eigenvalue weighted by Gasteiger charge is -2.23. The van der Waals surface area contributed by atoms with Crippen molar-refractivity contribution in [2.24, 2.45) is 11.8 Å². The summed E-state index contributed by atoms with van der Waals surface area (Å²) in [5.41, 5.74) is 0. The largest absolute Gasteiger partial charge is 0.391 e. The predicted octanol–water partition coefficient (Wildman–Crippen LogP) is 4.77. The summed E-state index contributed by atoms with van der Waals surface area (Å²) in [5, 5.41) is 9.40. The van der Waals surface area contributed by atoms with Crippen LogP contribution in [0.5, 0.6) is 0 Å². The molecule has 1 N–H and O–H groups in total. The molecule has 0 heterocycles. The van der Waals surface area contributed by atoms with Gasteiger partial charge in [0.2, 0.25) is 0 Å². The van der Waals surface area contributed by atoms with Crippen LogP contribution in [0.4, 0.5) is 0 Å². The van der Waals surface area contributed by atoms with Crippen LogP contribution in [-0.4, -0.2) is 31.2 Å². The lowest BCUT2D eigenvalue weighted by Crippen LogP contribution is -2.27. The lowest BCUT2D eigenvalue weighted by atomic mass is 10.0. The van der Waals surface area contributed by atoms with Crippen LogP contribution in [0.2, 0.25) is 0 Å². The number of rotatable bonds is 15. The summed E-state index contributed by atoms with van der Waals surface area (Å²) >= 11 is 0. The molecule has 0 rings (SSSR count). The fourth-order valence-electron chi connectivity index (χ4n) is 2.44. The zero-order valence-corrected chi connectivity index (χ0v) is 14.8. The topological polar surface area (TPSA) is 38.7 Å². The van der Waals surface area contributed by atoms with Gasteiger partial charge in [0.15, 0.2) is 6.29 Å². The van der Waals surface area contributed by atoms with Crippen LogP contribution in [0.3, 0.4) is 0 Å². The molecule has 21 heavy (non-hydrogen) atoms. The molecule has 0 radical (unpaired) electrons. The van der Waals surface area contributed by atoms with Crippen molar-refractivity contribution in [3.8, 4) is 0 Å². The second kappa shape index (κ2) is 14.8. The third-order valence-electron chi connectivity index (χ3n) is 4.27. The van der Waals surface area contributed by atoms with Crippen molar-refractivity contribution in [1.29, 1.82) is 0 Å². The van der Waals surface area contributed by atoms with Gasteiger partial charge in [-0.25, -0.2) is 0 Å². The number of aliphatic hydroxyl groups excluding tert-OH is 1. The Labute approximate surface area is 132 Å². The van der Waals surface area contributed by atoms with Gasteiger partial charge in [0.05, 0.1) is 19.8 Å².